The molecule has 0 saturated carbocycles. The predicted molar refractivity (Wildman–Crippen MR) is 76.0 cm³/mol. The minimum atomic E-state index is -0.546. The highest BCUT2D eigenvalue weighted by Crippen LogP contribution is 2.28. The Morgan fingerprint density at radius 1 is 1.11 bits per heavy atom. The minimum absolute atomic E-state index is 0.0701. The van der Waals surface area contributed by atoms with Crippen molar-refractivity contribution in [3.63, 3.8) is 0 Å². The van der Waals surface area contributed by atoms with Crippen molar-refractivity contribution in [3.05, 3.63) is 69.7 Å². The van der Waals surface area contributed by atoms with Crippen molar-refractivity contribution in [3.8, 4) is 0 Å². The zero-order valence-electron chi connectivity index (χ0n) is 10.5. The molecule has 1 nitrogen and oxygen atoms in total. The summed E-state index contributed by atoms with van der Waals surface area (Å²) >= 11 is 3.09. The molecule has 0 aromatic heterocycles. The summed E-state index contributed by atoms with van der Waals surface area (Å²) in [6.45, 7) is 0. The topological polar surface area (TPSA) is 12.0 Å². The number of halogens is 3. The van der Waals surface area contributed by atoms with E-state index >= 15 is 0 Å². The van der Waals surface area contributed by atoms with Gasteiger partial charge in [-0.3, -0.25) is 0 Å². The van der Waals surface area contributed by atoms with E-state index in [0.29, 0.717) is 6.42 Å². The van der Waals surface area contributed by atoms with Gasteiger partial charge in [-0.05, 0) is 47.1 Å². The zero-order chi connectivity index (χ0) is 13.8. The van der Waals surface area contributed by atoms with Gasteiger partial charge in [0.15, 0.2) is 0 Å². The van der Waals surface area contributed by atoms with Crippen LogP contribution in [0.5, 0.6) is 0 Å². The fourth-order valence-corrected chi connectivity index (χ4v) is 2.41. The molecule has 0 radical (unpaired) electrons. The van der Waals surface area contributed by atoms with E-state index in [2.05, 4.69) is 21.2 Å². The van der Waals surface area contributed by atoms with E-state index in [9.17, 15) is 8.78 Å². The van der Waals surface area contributed by atoms with Crippen LogP contribution in [0, 0.1) is 11.6 Å². The Balaban J connectivity index is 2.35. The molecule has 19 heavy (non-hydrogen) atoms. The second kappa shape index (κ2) is 6.26. The summed E-state index contributed by atoms with van der Waals surface area (Å²) in [5.41, 5.74) is 1.10. The lowest BCUT2D eigenvalue weighted by Gasteiger charge is -2.18. The molecular weight excluding hydrogens is 312 g/mol. The van der Waals surface area contributed by atoms with Crippen molar-refractivity contribution in [2.45, 2.75) is 12.5 Å². The largest absolute Gasteiger partial charge is 0.313 e. The van der Waals surface area contributed by atoms with E-state index < -0.39 is 17.7 Å². The van der Waals surface area contributed by atoms with Crippen LogP contribution in [0.15, 0.2) is 46.9 Å². The van der Waals surface area contributed by atoms with Crippen LogP contribution in [0.25, 0.3) is 0 Å². The SMILES string of the molecule is CNC(Cc1ccccc1)c1c(F)ccc(Br)c1F. The van der Waals surface area contributed by atoms with Gasteiger partial charge in [-0.15, -0.1) is 0 Å². The van der Waals surface area contributed by atoms with E-state index in [-0.39, 0.29) is 10.0 Å². The Kier molecular flexibility index (Phi) is 4.66. The van der Waals surface area contributed by atoms with Gasteiger partial charge in [-0.2, -0.15) is 0 Å². The predicted octanol–water partition coefficient (Wildman–Crippen LogP) is 4.23. The summed E-state index contributed by atoms with van der Waals surface area (Å²) in [6, 6.07) is 11.9. The summed E-state index contributed by atoms with van der Waals surface area (Å²) in [7, 11) is 1.70. The number of hydrogen-bond acceptors (Lipinski definition) is 1. The third-order valence-electron chi connectivity index (χ3n) is 3.06. The Bertz CT molecular complexity index is 558. The molecule has 1 unspecified atom stereocenters. The first kappa shape index (κ1) is 14.2. The molecule has 1 N–H and O–H groups in total. The van der Waals surface area contributed by atoms with Gasteiger partial charge < -0.3 is 5.32 Å². The molecule has 0 fully saturated rings. The zero-order valence-corrected chi connectivity index (χ0v) is 12.0. The summed E-state index contributed by atoms with van der Waals surface area (Å²) in [5, 5.41) is 2.97. The summed E-state index contributed by atoms with van der Waals surface area (Å²) in [4.78, 5) is 0. The normalized spacial score (nSPS) is 12.4. The molecule has 0 bridgehead atoms. The molecule has 0 aliphatic carbocycles. The molecule has 2 rings (SSSR count). The fraction of sp³-hybridized carbons (Fsp3) is 0.200. The first-order valence-electron chi connectivity index (χ1n) is 5.98. The highest BCUT2D eigenvalue weighted by atomic mass is 79.9. The fourth-order valence-electron chi connectivity index (χ4n) is 2.06. The Morgan fingerprint density at radius 3 is 2.42 bits per heavy atom. The first-order valence-corrected chi connectivity index (χ1v) is 6.77. The molecule has 2 aromatic carbocycles. The van der Waals surface area contributed by atoms with Crippen LogP contribution >= 0.6 is 15.9 Å². The highest BCUT2D eigenvalue weighted by Gasteiger charge is 2.21. The van der Waals surface area contributed by atoms with Crippen molar-refractivity contribution in [1.29, 1.82) is 0 Å². The van der Waals surface area contributed by atoms with Crippen LogP contribution in [-0.2, 0) is 6.42 Å². The van der Waals surface area contributed by atoms with Gasteiger partial charge in [-0.1, -0.05) is 30.3 Å². The van der Waals surface area contributed by atoms with E-state index in [1.165, 1.54) is 12.1 Å². The van der Waals surface area contributed by atoms with Gasteiger partial charge in [0.05, 0.1) is 4.47 Å². The van der Waals surface area contributed by atoms with Crippen molar-refractivity contribution >= 4 is 15.9 Å². The molecule has 0 amide bonds. The third kappa shape index (κ3) is 3.19. The second-order valence-corrected chi connectivity index (χ2v) is 5.14. The first-order chi connectivity index (χ1) is 9.13. The number of hydrogen-bond donors (Lipinski definition) is 1. The van der Waals surface area contributed by atoms with Gasteiger partial charge in [0.25, 0.3) is 0 Å². The van der Waals surface area contributed by atoms with E-state index in [1.54, 1.807) is 7.05 Å². The third-order valence-corrected chi connectivity index (χ3v) is 3.67. The number of likely N-dealkylation sites (N-methyl/N-ethyl adjacent to an activating group) is 1. The van der Waals surface area contributed by atoms with Gasteiger partial charge >= 0.3 is 0 Å². The number of benzene rings is 2. The van der Waals surface area contributed by atoms with Crippen molar-refractivity contribution in [2.75, 3.05) is 7.05 Å². The van der Waals surface area contributed by atoms with E-state index in [0.717, 1.165) is 5.56 Å². The van der Waals surface area contributed by atoms with Gasteiger partial charge in [0.2, 0.25) is 0 Å². The number of rotatable bonds is 4. The molecule has 0 aliphatic heterocycles. The van der Waals surface area contributed by atoms with Crippen molar-refractivity contribution < 1.29 is 8.78 Å². The van der Waals surface area contributed by atoms with Crippen LogP contribution in [0.3, 0.4) is 0 Å². The minimum Gasteiger partial charge on any atom is -0.313 e. The van der Waals surface area contributed by atoms with Crippen LogP contribution in [-0.4, -0.2) is 7.05 Å². The summed E-state index contributed by atoms with van der Waals surface area (Å²) in [6.07, 6.45) is 0.529. The average Bonchev–Trinajstić information content (AvgIpc) is 2.43. The molecule has 100 valence electrons. The quantitative estimate of drug-likeness (QED) is 0.829. The standard InChI is InChI=1S/C15H14BrF2N/c1-19-13(9-10-5-3-2-4-6-10)14-12(17)8-7-11(16)15(14)18/h2-8,13,19H,9H2,1H3. The molecule has 0 heterocycles. The van der Waals surface area contributed by atoms with Crippen LogP contribution in [0.4, 0.5) is 8.78 Å². The lowest BCUT2D eigenvalue weighted by Crippen LogP contribution is -2.21. The maximum absolute atomic E-state index is 14.1. The second-order valence-electron chi connectivity index (χ2n) is 4.29. The van der Waals surface area contributed by atoms with Gasteiger partial charge in [0, 0.05) is 11.6 Å². The van der Waals surface area contributed by atoms with Gasteiger partial charge in [0.1, 0.15) is 11.6 Å². The lowest BCUT2D eigenvalue weighted by molar-refractivity contribution is 0.487. The highest BCUT2D eigenvalue weighted by molar-refractivity contribution is 9.10. The van der Waals surface area contributed by atoms with Gasteiger partial charge in [-0.25, -0.2) is 8.78 Å². The molecule has 0 aliphatic rings. The average molecular weight is 326 g/mol. The molecule has 4 heteroatoms. The summed E-state index contributed by atoms with van der Waals surface area (Å²) < 4.78 is 28.2. The molecule has 2 aromatic rings. The molecule has 1 atom stereocenters. The van der Waals surface area contributed by atoms with Crippen molar-refractivity contribution in [2.24, 2.45) is 0 Å². The molecular formula is C15H14BrF2N. The summed E-state index contributed by atoms with van der Waals surface area (Å²) in [5.74, 6) is -1.08. The van der Waals surface area contributed by atoms with E-state index in [4.69, 9.17) is 0 Å². The number of nitrogens with one attached hydrogen (secondary N) is 1. The molecule has 0 saturated heterocycles. The molecule has 0 spiro atoms. The van der Waals surface area contributed by atoms with Crippen molar-refractivity contribution in [1.82, 2.24) is 5.32 Å². The van der Waals surface area contributed by atoms with Crippen LogP contribution < -0.4 is 5.32 Å². The Hall–Kier alpha value is -1.26. The van der Waals surface area contributed by atoms with Crippen LogP contribution in [0.2, 0.25) is 0 Å². The Morgan fingerprint density at radius 2 is 1.79 bits per heavy atom. The Labute approximate surface area is 119 Å². The maximum Gasteiger partial charge on any atom is 0.145 e. The van der Waals surface area contributed by atoms with Crippen LogP contribution in [0.1, 0.15) is 17.2 Å². The smallest absolute Gasteiger partial charge is 0.145 e. The van der Waals surface area contributed by atoms with E-state index in [1.807, 2.05) is 30.3 Å². The maximum atomic E-state index is 14.1. The monoisotopic (exact) mass is 325 g/mol. The lowest BCUT2D eigenvalue weighted by atomic mass is 9.98.